The van der Waals surface area contributed by atoms with E-state index < -0.39 is 17.9 Å². The van der Waals surface area contributed by atoms with Crippen LogP contribution in [0.1, 0.15) is 24.2 Å². The number of rotatable bonds is 3. The number of alkyl halides is 1. The maximum absolute atomic E-state index is 12.2. The molecular formula is C14H18BrClN4O3. The molecule has 9 heteroatoms. The number of phenols is 1. The zero-order valence-electron chi connectivity index (χ0n) is 12.6. The lowest BCUT2D eigenvalue weighted by Gasteiger charge is -2.19. The number of carbonyl (C=O) groups excluding carboxylic acids is 2. The Labute approximate surface area is 147 Å². The first-order valence-corrected chi connectivity index (χ1v) is 8.34. The lowest BCUT2D eigenvalue weighted by molar-refractivity contribution is -0.123. The number of hydrogen-bond acceptors (Lipinski definition) is 5. The highest BCUT2D eigenvalue weighted by atomic mass is 79.9. The van der Waals surface area contributed by atoms with Gasteiger partial charge in [0.1, 0.15) is 11.8 Å². The molecule has 1 aliphatic heterocycles. The molecular weight excluding hydrogens is 388 g/mol. The van der Waals surface area contributed by atoms with Crippen LogP contribution in [-0.4, -0.2) is 33.8 Å². The van der Waals surface area contributed by atoms with Gasteiger partial charge in [0.25, 0.3) is 11.8 Å². The fourth-order valence-corrected chi connectivity index (χ4v) is 3.54. The van der Waals surface area contributed by atoms with E-state index in [0.717, 1.165) is 0 Å². The number of amides is 2. The molecule has 2 amide bonds. The SMILES string of the molecule is CC(C)C1NNC(C(=O)NNC(=O)c2cc(Cl)ccc2O)C1Br. The first-order valence-electron chi connectivity index (χ1n) is 7.05. The topological polar surface area (TPSA) is 102 Å². The Balaban J connectivity index is 1.94. The normalized spacial score (nSPS) is 23.8. The second-order valence-electron chi connectivity index (χ2n) is 5.59. The summed E-state index contributed by atoms with van der Waals surface area (Å²) in [6, 6.07) is 3.62. The van der Waals surface area contributed by atoms with Gasteiger partial charge in [-0.25, -0.2) is 5.43 Å². The molecule has 5 N–H and O–H groups in total. The van der Waals surface area contributed by atoms with Crippen LogP contribution in [0.25, 0.3) is 0 Å². The Morgan fingerprint density at radius 3 is 2.61 bits per heavy atom. The highest BCUT2D eigenvalue weighted by Gasteiger charge is 2.39. The van der Waals surface area contributed by atoms with Gasteiger partial charge in [0.15, 0.2) is 0 Å². The fraction of sp³-hybridized carbons (Fsp3) is 0.429. The molecule has 0 saturated carbocycles. The molecule has 0 spiro atoms. The van der Waals surface area contributed by atoms with Gasteiger partial charge in [0.2, 0.25) is 0 Å². The van der Waals surface area contributed by atoms with E-state index in [2.05, 4.69) is 37.6 Å². The summed E-state index contributed by atoms with van der Waals surface area (Å²) in [6.07, 6.45) is 0. The Kier molecular flexibility index (Phi) is 5.85. The third-order valence-electron chi connectivity index (χ3n) is 3.57. The van der Waals surface area contributed by atoms with Gasteiger partial charge < -0.3 is 5.11 Å². The van der Waals surface area contributed by atoms with Gasteiger partial charge in [-0.1, -0.05) is 41.4 Å². The Morgan fingerprint density at radius 1 is 1.30 bits per heavy atom. The van der Waals surface area contributed by atoms with Crippen LogP contribution >= 0.6 is 27.5 Å². The Morgan fingerprint density at radius 2 is 2.00 bits per heavy atom. The number of phenolic OH excluding ortho intramolecular Hbond substituents is 1. The van der Waals surface area contributed by atoms with Crippen LogP contribution < -0.4 is 21.7 Å². The number of hydrazine groups is 2. The lowest BCUT2D eigenvalue weighted by Crippen LogP contribution is -2.52. The third-order valence-corrected chi connectivity index (χ3v) is 4.90. The molecule has 1 aliphatic rings. The van der Waals surface area contributed by atoms with Crippen LogP contribution in [0.2, 0.25) is 5.02 Å². The number of nitrogens with one attached hydrogen (secondary N) is 4. The number of benzene rings is 1. The zero-order chi connectivity index (χ0) is 17.1. The second-order valence-corrected chi connectivity index (χ2v) is 7.08. The van der Waals surface area contributed by atoms with Crippen molar-refractivity contribution in [3.63, 3.8) is 0 Å². The van der Waals surface area contributed by atoms with Crippen molar-refractivity contribution in [2.45, 2.75) is 30.8 Å². The van der Waals surface area contributed by atoms with Gasteiger partial charge in [-0.15, -0.1) is 0 Å². The average molecular weight is 406 g/mol. The van der Waals surface area contributed by atoms with E-state index in [1.165, 1.54) is 18.2 Å². The summed E-state index contributed by atoms with van der Waals surface area (Å²) in [7, 11) is 0. The number of hydrogen-bond donors (Lipinski definition) is 5. The molecule has 23 heavy (non-hydrogen) atoms. The summed E-state index contributed by atoms with van der Waals surface area (Å²) in [4.78, 5) is 24.0. The van der Waals surface area contributed by atoms with Crippen LogP contribution in [-0.2, 0) is 4.79 Å². The van der Waals surface area contributed by atoms with Crippen LogP contribution in [0.3, 0.4) is 0 Å². The average Bonchev–Trinajstić information content (AvgIpc) is 2.88. The molecule has 0 bridgehead atoms. The zero-order valence-corrected chi connectivity index (χ0v) is 14.9. The van der Waals surface area contributed by atoms with Crippen LogP contribution in [0, 0.1) is 5.92 Å². The Hall–Kier alpha value is -1.35. The summed E-state index contributed by atoms with van der Waals surface area (Å²) in [5.74, 6) is -0.962. The Bertz CT molecular complexity index is 614. The van der Waals surface area contributed by atoms with E-state index in [1.807, 2.05) is 13.8 Å². The van der Waals surface area contributed by atoms with Gasteiger partial charge in [-0.3, -0.25) is 25.9 Å². The highest BCUT2D eigenvalue weighted by Crippen LogP contribution is 2.22. The molecule has 0 aliphatic carbocycles. The van der Waals surface area contributed by atoms with E-state index >= 15 is 0 Å². The molecule has 1 aromatic carbocycles. The molecule has 3 unspecified atom stereocenters. The maximum Gasteiger partial charge on any atom is 0.273 e. The second kappa shape index (κ2) is 7.48. The molecule has 1 saturated heterocycles. The van der Waals surface area contributed by atoms with Crippen molar-refractivity contribution in [3.8, 4) is 5.75 Å². The van der Waals surface area contributed by atoms with Crippen molar-refractivity contribution >= 4 is 39.3 Å². The number of carbonyl (C=O) groups is 2. The molecule has 1 aromatic rings. The van der Waals surface area contributed by atoms with E-state index in [-0.39, 0.29) is 22.2 Å². The van der Waals surface area contributed by atoms with Gasteiger partial charge in [-0.05, 0) is 24.1 Å². The summed E-state index contributed by atoms with van der Waals surface area (Å²) in [6.45, 7) is 4.08. The van der Waals surface area contributed by atoms with Crippen LogP contribution in [0.5, 0.6) is 5.75 Å². The minimum atomic E-state index is -0.657. The van der Waals surface area contributed by atoms with Gasteiger partial charge in [-0.2, -0.15) is 0 Å². The smallest absolute Gasteiger partial charge is 0.273 e. The summed E-state index contributed by atoms with van der Waals surface area (Å²) in [5, 5.41) is 9.96. The van der Waals surface area contributed by atoms with Gasteiger partial charge in [0, 0.05) is 11.1 Å². The van der Waals surface area contributed by atoms with Crippen LogP contribution in [0.15, 0.2) is 18.2 Å². The van der Waals surface area contributed by atoms with E-state index in [1.54, 1.807) is 0 Å². The molecule has 2 rings (SSSR count). The first-order chi connectivity index (χ1) is 10.8. The maximum atomic E-state index is 12.2. The van der Waals surface area contributed by atoms with Crippen molar-refractivity contribution in [1.82, 2.24) is 21.7 Å². The third kappa shape index (κ3) is 4.14. The molecule has 0 radical (unpaired) electrons. The molecule has 1 fully saturated rings. The van der Waals surface area contributed by atoms with Gasteiger partial charge >= 0.3 is 0 Å². The van der Waals surface area contributed by atoms with E-state index in [0.29, 0.717) is 10.9 Å². The molecule has 7 nitrogen and oxygen atoms in total. The first kappa shape index (κ1) is 18.0. The molecule has 1 heterocycles. The number of halogens is 2. The van der Waals surface area contributed by atoms with Crippen LogP contribution in [0.4, 0.5) is 0 Å². The minimum Gasteiger partial charge on any atom is -0.507 e. The van der Waals surface area contributed by atoms with Crippen molar-refractivity contribution < 1.29 is 14.7 Å². The predicted molar refractivity (Wildman–Crippen MR) is 90.1 cm³/mol. The lowest BCUT2D eigenvalue weighted by atomic mass is 9.99. The minimum absolute atomic E-state index is 0.0224. The van der Waals surface area contributed by atoms with Gasteiger partial charge in [0.05, 0.1) is 10.4 Å². The van der Waals surface area contributed by atoms with Crippen molar-refractivity contribution in [1.29, 1.82) is 0 Å². The quantitative estimate of drug-likeness (QED) is 0.382. The fourth-order valence-electron chi connectivity index (χ4n) is 2.25. The van der Waals surface area contributed by atoms with Crippen molar-refractivity contribution in [2.75, 3.05) is 0 Å². The standard InChI is InChI=1S/C14H18BrClN4O3/c1-6(2)11-10(15)12(18-17-11)14(23)20-19-13(22)8-5-7(16)3-4-9(8)21/h3-6,10-12,17-18,21H,1-2H3,(H,19,22)(H,20,23). The predicted octanol–water partition coefficient (Wildman–Crippen LogP) is 1.07. The largest absolute Gasteiger partial charge is 0.507 e. The van der Waals surface area contributed by atoms with E-state index in [4.69, 9.17) is 11.6 Å². The summed E-state index contributed by atoms with van der Waals surface area (Å²) < 4.78 is 0. The highest BCUT2D eigenvalue weighted by molar-refractivity contribution is 9.09. The van der Waals surface area contributed by atoms with E-state index in [9.17, 15) is 14.7 Å². The van der Waals surface area contributed by atoms with Crippen molar-refractivity contribution in [2.24, 2.45) is 5.92 Å². The summed E-state index contributed by atoms with van der Waals surface area (Å²) >= 11 is 9.28. The van der Waals surface area contributed by atoms with Crippen molar-refractivity contribution in [3.05, 3.63) is 28.8 Å². The molecule has 0 aromatic heterocycles. The summed E-state index contributed by atoms with van der Waals surface area (Å²) in [5.41, 5.74) is 10.5. The molecule has 126 valence electrons. The monoisotopic (exact) mass is 404 g/mol. The molecule has 3 atom stereocenters. The number of aromatic hydroxyl groups is 1.